The fourth-order valence-electron chi connectivity index (χ4n) is 6.44. The van der Waals surface area contributed by atoms with E-state index in [2.05, 4.69) is 114 Å². The second-order valence-electron chi connectivity index (χ2n) is 11.5. The summed E-state index contributed by atoms with van der Waals surface area (Å²) in [6.07, 6.45) is 3.56. The molecule has 7 aromatic rings. The third-order valence-corrected chi connectivity index (χ3v) is 10.1. The van der Waals surface area contributed by atoms with Crippen LogP contribution < -0.4 is 0 Å². The molecule has 0 saturated carbocycles. The van der Waals surface area contributed by atoms with Crippen LogP contribution in [0.4, 0.5) is 0 Å². The fraction of sp³-hybridized carbons (Fsp3) is 0.154. The summed E-state index contributed by atoms with van der Waals surface area (Å²) in [7, 11) is 0. The molecule has 7 rings (SSSR count). The molecule has 0 aliphatic rings. The molecule has 7 nitrogen and oxygen atoms in total. The number of aryl methyl sites for hydroxylation is 1. The number of benzene rings is 4. The van der Waals surface area contributed by atoms with Gasteiger partial charge in [0.25, 0.3) is 0 Å². The third kappa shape index (κ3) is 5.67. The summed E-state index contributed by atoms with van der Waals surface area (Å²) in [5.74, 6) is 1.47. The molecule has 0 fully saturated rings. The summed E-state index contributed by atoms with van der Waals surface area (Å²) in [6.45, 7) is 2.65. The molecule has 9 heteroatoms. The highest BCUT2D eigenvalue weighted by Gasteiger charge is 2.42. The molecule has 3 aromatic heterocycles. The number of nitrogens with zero attached hydrogens (tertiary/aromatic N) is 6. The first-order valence-corrected chi connectivity index (χ1v) is 17.2. The van der Waals surface area contributed by atoms with Crippen molar-refractivity contribution >= 4 is 29.2 Å². The van der Waals surface area contributed by atoms with Gasteiger partial charge >= 0.3 is 0 Å². The highest BCUT2D eigenvalue weighted by Crippen LogP contribution is 2.44. The molecule has 0 saturated heterocycles. The van der Waals surface area contributed by atoms with Gasteiger partial charge in [0.15, 0.2) is 17.3 Å². The van der Waals surface area contributed by atoms with Crippen LogP contribution in [0.15, 0.2) is 127 Å². The lowest BCUT2D eigenvalue weighted by Gasteiger charge is -2.36. The number of carbonyl (C=O) groups is 1. The van der Waals surface area contributed by atoms with Crippen molar-refractivity contribution in [2.45, 2.75) is 38.3 Å². The van der Waals surface area contributed by atoms with E-state index in [0.29, 0.717) is 18.1 Å². The average molecular weight is 669 g/mol. The lowest BCUT2D eigenvalue weighted by Crippen LogP contribution is -2.39. The van der Waals surface area contributed by atoms with Crippen LogP contribution in [0.2, 0.25) is 5.15 Å². The molecule has 0 aliphatic heterocycles. The Labute approximate surface area is 288 Å². The monoisotopic (exact) mass is 668 g/mol. The number of aldehydes is 1. The summed E-state index contributed by atoms with van der Waals surface area (Å²) in [5, 5.41) is 14.0. The molecule has 0 bridgehead atoms. The Morgan fingerprint density at radius 3 is 1.94 bits per heavy atom. The van der Waals surface area contributed by atoms with Crippen molar-refractivity contribution in [1.82, 2.24) is 29.8 Å². The van der Waals surface area contributed by atoms with Crippen LogP contribution >= 0.6 is 22.9 Å². The topological polar surface area (TPSA) is 78.5 Å². The number of imidazole rings is 1. The molecular formula is C39H33ClN6OS. The molecule has 0 radical (unpaired) electrons. The van der Waals surface area contributed by atoms with Crippen molar-refractivity contribution in [1.29, 1.82) is 0 Å². The zero-order chi connectivity index (χ0) is 32.9. The number of thiophene rings is 1. The highest BCUT2D eigenvalue weighted by molar-refractivity contribution is 7.15. The van der Waals surface area contributed by atoms with Gasteiger partial charge in [0.1, 0.15) is 17.1 Å². The largest absolute Gasteiger partial charge is 0.319 e. The molecule has 238 valence electrons. The molecular weight excluding hydrogens is 636 g/mol. The van der Waals surface area contributed by atoms with E-state index in [1.807, 2.05) is 39.6 Å². The van der Waals surface area contributed by atoms with Crippen LogP contribution in [0.5, 0.6) is 0 Å². The van der Waals surface area contributed by atoms with E-state index in [0.717, 1.165) is 68.9 Å². The van der Waals surface area contributed by atoms with Crippen LogP contribution in [-0.2, 0) is 18.5 Å². The molecule has 4 aromatic carbocycles. The zero-order valence-corrected chi connectivity index (χ0v) is 28.0. The first kappa shape index (κ1) is 31.4. The van der Waals surface area contributed by atoms with Crippen molar-refractivity contribution in [2.24, 2.45) is 0 Å². The zero-order valence-electron chi connectivity index (χ0n) is 26.4. The minimum Gasteiger partial charge on any atom is -0.319 e. The first-order valence-electron chi connectivity index (χ1n) is 16.0. The van der Waals surface area contributed by atoms with Gasteiger partial charge in [0.05, 0.1) is 6.54 Å². The number of carbonyl (C=O) groups excluding carboxylic acids is 1. The minimum atomic E-state index is -0.864. The van der Waals surface area contributed by atoms with Gasteiger partial charge in [-0.25, -0.2) is 9.67 Å². The van der Waals surface area contributed by atoms with E-state index in [1.54, 1.807) is 11.3 Å². The average Bonchev–Trinajstić information content (AvgIpc) is 3.89. The van der Waals surface area contributed by atoms with Gasteiger partial charge in [-0.1, -0.05) is 140 Å². The number of tetrazole rings is 1. The standard InChI is InChI=1S/C39H33ClN6OS/c1-2-3-23-36-41-37(40)34(27-47)45(36)26-31-24-25-35(48-31)32-21-13-14-22-33(32)38-42-43-44-46(38)39(28-15-7-4-8-16-28,29-17-9-5-10-18-29)30-19-11-6-12-20-30/h4-22,24-25,27H,2-3,23,26H2,1H3. The lowest BCUT2D eigenvalue weighted by molar-refractivity contribution is 0.111. The van der Waals surface area contributed by atoms with Gasteiger partial charge in [-0.3, -0.25) is 4.79 Å². The van der Waals surface area contributed by atoms with Crippen LogP contribution in [0.3, 0.4) is 0 Å². The van der Waals surface area contributed by atoms with E-state index in [-0.39, 0.29) is 5.15 Å². The fourth-order valence-corrected chi connectivity index (χ4v) is 7.72. The van der Waals surface area contributed by atoms with E-state index in [1.165, 1.54) is 0 Å². The Bertz CT molecular complexity index is 2040. The predicted molar refractivity (Wildman–Crippen MR) is 192 cm³/mol. The first-order chi connectivity index (χ1) is 23.6. The van der Waals surface area contributed by atoms with Crippen LogP contribution in [0.25, 0.3) is 21.8 Å². The molecule has 0 unspecified atom stereocenters. The number of hydrogen-bond donors (Lipinski definition) is 0. The van der Waals surface area contributed by atoms with Crippen LogP contribution in [0, 0.1) is 0 Å². The summed E-state index contributed by atoms with van der Waals surface area (Å²) in [6, 6.07) is 43.7. The number of halogens is 1. The Morgan fingerprint density at radius 2 is 1.35 bits per heavy atom. The smallest absolute Gasteiger partial charge is 0.184 e. The van der Waals surface area contributed by atoms with E-state index in [9.17, 15) is 4.79 Å². The maximum Gasteiger partial charge on any atom is 0.184 e. The van der Waals surface area contributed by atoms with Gasteiger partial charge in [0, 0.05) is 27.3 Å². The van der Waals surface area contributed by atoms with Gasteiger partial charge in [0.2, 0.25) is 0 Å². The molecule has 3 heterocycles. The van der Waals surface area contributed by atoms with Crippen LogP contribution in [0.1, 0.15) is 57.6 Å². The van der Waals surface area contributed by atoms with Gasteiger partial charge in [-0.15, -0.1) is 16.4 Å². The highest BCUT2D eigenvalue weighted by atomic mass is 35.5. The second kappa shape index (κ2) is 13.9. The van der Waals surface area contributed by atoms with E-state index in [4.69, 9.17) is 21.9 Å². The Kier molecular flexibility index (Phi) is 9.09. The predicted octanol–water partition coefficient (Wildman–Crippen LogP) is 8.96. The quantitative estimate of drug-likeness (QED) is 0.0959. The number of unbranched alkanes of at least 4 members (excludes halogenated alkanes) is 1. The van der Waals surface area contributed by atoms with Crippen LogP contribution in [-0.4, -0.2) is 36.0 Å². The van der Waals surface area contributed by atoms with Crippen molar-refractivity contribution in [2.75, 3.05) is 0 Å². The second-order valence-corrected chi connectivity index (χ2v) is 13.1. The molecule has 0 atom stereocenters. The van der Waals surface area contributed by atoms with Crippen molar-refractivity contribution < 1.29 is 4.79 Å². The minimum absolute atomic E-state index is 0.254. The van der Waals surface area contributed by atoms with Gasteiger partial charge < -0.3 is 4.57 Å². The van der Waals surface area contributed by atoms with E-state index >= 15 is 0 Å². The maximum atomic E-state index is 12.0. The third-order valence-electron chi connectivity index (χ3n) is 8.68. The van der Waals surface area contributed by atoms with E-state index < -0.39 is 5.54 Å². The number of aromatic nitrogens is 6. The summed E-state index contributed by atoms with van der Waals surface area (Å²) >= 11 is 8.05. The summed E-state index contributed by atoms with van der Waals surface area (Å²) < 4.78 is 3.91. The molecule has 0 N–H and O–H groups in total. The lowest BCUT2D eigenvalue weighted by atomic mass is 9.77. The van der Waals surface area contributed by atoms with Crippen molar-refractivity contribution in [3.05, 3.63) is 166 Å². The maximum absolute atomic E-state index is 12.0. The molecule has 0 spiro atoms. The molecule has 48 heavy (non-hydrogen) atoms. The number of rotatable bonds is 12. The Balaban J connectivity index is 1.37. The normalized spacial score (nSPS) is 11.5. The van der Waals surface area contributed by atoms with Crippen molar-refractivity contribution in [3.63, 3.8) is 0 Å². The van der Waals surface area contributed by atoms with Gasteiger partial charge in [-0.05, 0) is 45.7 Å². The van der Waals surface area contributed by atoms with Crippen molar-refractivity contribution in [3.8, 4) is 21.8 Å². The Hall–Kier alpha value is -5.18. The van der Waals surface area contributed by atoms with Gasteiger partial charge in [-0.2, -0.15) is 0 Å². The Morgan fingerprint density at radius 1 is 0.771 bits per heavy atom. The number of hydrogen-bond acceptors (Lipinski definition) is 6. The summed E-state index contributed by atoms with van der Waals surface area (Å²) in [4.78, 5) is 18.6. The summed E-state index contributed by atoms with van der Waals surface area (Å²) in [5.41, 5.74) is 4.58. The SMILES string of the molecule is CCCCc1nc(Cl)c(C=O)n1Cc1ccc(-c2ccccc2-c2nnnn2C(c2ccccc2)(c2ccccc2)c2ccccc2)s1. The molecule has 0 amide bonds. The molecule has 0 aliphatic carbocycles.